The zero-order valence-electron chi connectivity index (χ0n) is 21.1. The van der Waals surface area contributed by atoms with Gasteiger partial charge in [0.1, 0.15) is 18.1 Å². The molecule has 0 saturated carbocycles. The van der Waals surface area contributed by atoms with E-state index in [4.69, 9.17) is 9.72 Å². The lowest BCUT2D eigenvalue weighted by atomic mass is 10.1. The summed E-state index contributed by atoms with van der Waals surface area (Å²) in [6, 6.07) is 14.0. The number of nitrogens with one attached hydrogen (secondary N) is 1. The first-order valence-corrected chi connectivity index (χ1v) is 11.9. The van der Waals surface area contributed by atoms with Crippen LogP contribution in [0, 0.1) is 13.8 Å². The Morgan fingerprint density at radius 1 is 1.06 bits per heavy atom. The highest BCUT2D eigenvalue weighted by atomic mass is 16.5. The molecule has 1 aromatic heterocycles. The Balaban J connectivity index is 1.66. The molecule has 7 heteroatoms. The number of carbonyl (C=O) groups excluding carboxylic acids is 2. The number of hydrogen-bond donors (Lipinski definition) is 1. The van der Waals surface area contributed by atoms with E-state index >= 15 is 0 Å². The minimum Gasteiger partial charge on any atom is -0.483 e. The lowest BCUT2D eigenvalue weighted by Gasteiger charge is -2.31. The summed E-state index contributed by atoms with van der Waals surface area (Å²) in [6.45, 7) is 12.6. The summed E-state index contributed by atoms with van der Waals surface area (Å²) in [6.07, 6.45) is 0.514. The SMILES string of the molecule is Cc1ccc(C)c(OCC(=O)NCCc2nc3ccccc3n2CC(=O)N(C(C)C)C(C)C)c1. The summed E-state index contributed by atoms with van der Waals surface area (Å²) in [7, 11) is 0. The van der Waals surface area contributed by atoms with Crippen LogP contribution in [0.15, 0.2) is 42.5 Å². The van der Waals surface area contributed by atoms with Gasteiger partial charge in [-0.3, -0.25) is 9.59 Å². The predicted molar refractivity (Wildman–Crippen MR) is 135 cm³/mol. The Labute approximate surface area is 202 Å². The van der Waals surface area contributed by atoms with E-state index in [0.717, 1.165) is 33.7 Å². The predicted octanol–water partition coefficient (Wildman–Crippen LogP) is 4.04. The van der Waals surface area contributed by atoms with E-state index in [2.05, 4.69) is 5.32 Å². The molecule has 0 bridgehead atoms. The fraction of sp³-hybridized carbons (Fsp3) is 0.444. The van der Waals surface area contributed by atoms with Crippen molar-refractivity contribution in [3.63, 3.8) is 0 Å². The number of nitrogens with zero attached hydrogens (tertiary/aromatic N) is 3. The maximum Gasteiger partial charge on any atom is 0.257 e. The highest BCUT2D eigenvalue weighted by Gasteiger charge is 2.22. The van der Waals surface area contributed by atoms with Crippen molar-refractivity contribution in [2.75, 3.05) is 13.2 Å². The lowest BCUT2D eigenvalue weighted by Crippen LogP contribution is -2.44. The second-order valence-corrected chi connectivity index (χ2v) is 9.25. The summed E-state index contributed by atoms with van der Waals surface area (Å²) in [5.74, 6) is 1.36. The fourth-order valence-corrected chi connectivity index (χ4v) is 4.25. The van der Waals surface area contributed by atoms with Crippen LogP contribution in [0.2, 0.25) is 0 Å². The average molecular weight is 465 g/mol. The zero-order valence-corrected chi connectivity index (χ0v) is 21.1. The van der Waals surface area contributed by atoms with Gasteiger partial charge in [-0.05, 0) is 70.9 Å². The van der Waals surface area contributed by atoms with Gasteiger partial charge in [0.2, 0.25) is 5.91 Å². The number of imidazole rings is 1. The number of carbonyl (C=O) groups is 2. The first kappa shape index (κ1) is 25.3. The summed E-state index contributed by atoms with van der Waals surface area (Å²) in [4.78, 5) is 32.1. The highest BCUT2D eigenvalue weighted by molar-refractivity contribution is 5.81. The number of aromatic nitrogens is 2. The van der Waals surface area contributed by atoms with Crippen molar-refractivity contribution in [1.29, 1.82) is 0 Å². The number of para-hydroxylation sites is 2. The Bertz CT molecular complexity index is 1140. The Kier molecular flexibility index (Phi) is 8.31. The molecule has 1 N–H and O–H groups in total. The molecule has 182 valence electrons. The summed E-state index contributed by atoms with van der Waals surface area (Å²) in [5, 5.41) is 2.91. The highest BCUT2D eigenvalue weighted by Crippen LogP contribution is 2.19. The van der Waals surface area contributed by atoms with E-state index in [9.17, 15) is 9.59 Å². The van der Waals surface area contributed by atoms with Crippen molar-refractivity contribution >= 4 is 22.8 Å². The molecule has 3 aromatic rings. The topological polar surface area (TPSA) is 76.5 Å². The number of hydrogen-bond acceptors (Lipinski definition) is 4. The molecular formula is C27H36N4O3. The van der Waals surface area contributed by atoms with Gasteiger partial charge in [0.05, 0.1) is 11.0 Å². The third kappa shape index (κ3) is 6.16. The number of amides is 2. The Hall–Kier alpha value is -3.35. The quantitative estimate of drug-likeness (QED) is 0.491. The molecule has 34 heavy (non-hydrogen) atoms. The van der Waals surface area contributed by atoms with Gasteiger partial charge in [-0.2, -0.15) is 0 Å². The fourth-order valence-electron chi connectivity index (χ4n) is 4.25. The normalized spacial score (nSPS) is 11.3. The minimum atomic E-state index is -0.189. The van der Waals surface area contributed by atoms with Crippen molar-refractivity contribution < 1.29 is 14.3 Å². The molecule has 0 aliphatic rings. The molecule has 0 aliphatic heterocycles. The minimum absolute atomic E-state index is 0.0447. The third-order valence-electron chi connectivity index (χ3n) is 5.80. The monoisotopic (exact) mass is 464 g/mol. The first-order valence-electron chi connectivity index (χ1n) is 11.9. The van der Waals surface area contributed by atoms with Crippen molar-refractivity contribution in [1.82, 2.24) is 19.8 Å². The van der Waals surface area contributed by atoms with Crippen LogP contribution in [0.25, 0.3) is 11.0 Å². The summed E-state index contributed by atoms with van der Waals surface area (Å²) < 4.78 is 7.66. The van der Waals surface area contributed by atoms with E-state index < -0.39 is 0 Å². The molecular weight excluding hydrogens is 428 g/mol. The number of rotatable bonds is 10. The molecule has 0 atom stereocenters. The molecule has 1 heterocycles. The number of ether oxygens (including phenoxy) is 1. The van der Waals surface area contributed by atoms with E-state index in [0.29, 0.717) is 13.0 Å². The molecule has 0 spiro atoms. The van der Waals surface area contributed by atoms with E-state index in [1.54, 1.807) is 0 Å². The molecule has 0 fully saturated rings. The molecule has 7 nitrogen and oxygen atoms in total. The molecule has 0 radical (unpaired) electrons. The maximum atomic E-state index is 13.1. The summed E-state index contributed by atoms with van der Waals surface area (Å²) in [5.41, 5.74) is 3.84. The van der Waals surface area contributed by atoms with Crippen LogP contribution in [-0.4, -0.2) is 51.5 Å². The van der Waals surface area contributed by atoms with Gasteiger partial charge in [-0.25, -0.2) is 4.98 Å². The van der Waals surface area contributed by atoms with Crippen molar-refractivity contribution in [2.24, 2.45) is 0 Å². The zero-order chi connectivity index (χ0) is 24.8. The third-order valence-corrected chi connectivity index (χ3v) is 5.80. The summed E-state index contributed by atoms with van der Waals surface area (Å²) >= 11 is 0. The van der Waals surface area contributed by atoms with Crippen molar-refractivity contribution in [3.8, 4) is 5.75 Å². The number of aryl methyl sites for hydroxylation is 2. The van der Waals surface area contributed by atoms with E-state index in [-0.39, 0.29) is 37.0 Å². The van der Waals surface area contributed by atoms with Crippen LogP contribution in [0.3, 0.4) is 0 Å². The lowest BCUT2D eigenvalue weighted by molar-refractivity contribution is -0.135. The molecule has 3 rings (SSSR count). The van der Waals surface area contributed by atoms with E-state index in [1.807, 2.05) is 93.5 Å². The van der Waals surface area contributed by atoms with Crippen LogP contribution in [0.4, 0.5) is 0 Å². The van der Waals surface area contributed by atoms with Gasteiger partial charge in [0.25, 0.3) is 5.91 Å². The van der Waals surface area contributed by atoms with E-state index in [1.165, 1.54) is 0 Å². The number of benzene rings is 2. The van der Waals surface area contributed by atoms with Crippen LogP contribution in [0.5, 0.6) is 5.75 Å². The maximum absolute atomic E-state index is 13.1. The van der Waals surface area contributed by atoms with Crippen LogP contribution in [0.1, 0.15) is 44.6 Å². The Morgan fingerprint density at radius 2 is 1.76 bits per heavy atom. The Morgan fingerprint density at radius 3 is 2.47 bits per heavy atom. The van der Waals surface area contributed by atoms with Crippen LogP contribution in [-0.2, 0) is 22.6 Å². The van der Waals surface area contributed by atoms with Gasteiger partial charge in [-0.1, -0.05) is 24.3 Å². The van der Waals surface area contributed by atoms with Gasteiger partial charge in [0, 0.05) is 25.0 Å². The smallest absolute Gasteiger partial charge is 0.257 e. The van der Waals surface area contributed by atoms with Crippen molar-refractivity contribution in [2.45, 2.75) is 66.6 Å². The van der Waals surface area contributed by atoms with Crippen LogP contribution >= 0.6 is 0 Å². The second-order valence-electron chi connectivity index (χ2n) is 9.25. The van der Waals surface area contributed by atoms with Gasteiger partial charge >= 0.3 is 0 Å². The molecule has 0 saturated heterocycles. The molecule has 2 amide bonds. The largest absolute Gasteiger partial charge is 0.483 e. The second kappa shape index (κ2) is 11.2. The van der Waals surface area contributed by atoms with Gasteiger partial charge in [0.15, 0.2) is 6.61 Å². The average Bonchev–Trinajstić information content (AvgIpc) is 3.11. The van der Waals surface area contributed by atoms with Crippen molar-refractivity contribution in [3.05, 3.63) is 59.4 Å². The molecule has 0 aliphatic carbocycles. The standard InChI is InChI=1S/C27H36N4O3/c1-18(2)31(19(3)4)27(33)16-30-23-10-8-7-9-22(23)29-25(30)13-14-28-26(32)17-34-24-15-20(5)11-12-21(24)6/h7-12,15,18-19H,13-14,16-17H2,1-6H3,(H,28,32). The first-order chi connectivity index (χ1) is 16.2. The number of fused-ring (bicyclic) bond motifs is 1. The molecule has 0 unspecified atom stereocenters. The van der Waals surface area contributed by atoms with Gasteiger partial charge in [-0.15, -0.1) is 0 Å². The van der Waals surface area contributed by atoms with Crippen LogP contribution < -0.4 is 10.1 Å². The van der Waals surface area contributed by atoms with Gasteiger partial charge < -0.3 is 19.5 Å². The molecule has 2 aromatic carbocycles.